The van der Waals surface area contributed by atoms with Crippen LogP contribution in [0.1, 0.15) is 12.5 Å². The lowest BCUT2D eigenvalue weighted by atomic mass is 10.1. The summed E-state index contributed by atoms with van der Waals surface area (Å²) >= 11 is 0. The van der Waals surface area contributed by atoms with Crippen LogP contribution in [-0.4, -0.2) is 50.6 Å². The summed E-state index contributed by atoms with van der Waals surface area (Å²) in [7, 11) is 1.65. The molecule has 1 fully saturated rings. The zero-order valence-electron chi connectivity index (χ0n) is 11.8. The molecule has 0 spiro atoms. The summed E-state index contributed by atoms with van der Waals surface area (Å²) in [6, 6.07) is 7.74. The average molecular weight is 263 g/mol. The van der Waals surface area contributed by atoms with Gasteiger partial charge in [-0.25, -0.2) is 0 Å². The summed E-state index contributed by atoms with van der Waals surface area (Å²) in [5.74, 6) is 1.01. The monoisotopic (exact) mass is 263 g/mol. The number of hydrogen-bond donors (Lipinski definition) is 1. The molecule has 0 aromatic heterocycles. The molecule has 0 aliphatic carbocycles. The molecule has 1 N–H and O–H groups in total. The lowest BCUT2D eigenvalue weighted by Gasteiger charge is -2.31. The number of quaternary nitrogens is 1. The standard InChI is InChI=1S/C15H22N2O2/c1-3-16-8-10-17(11-9-16)15(18)12-13-6-4-5-7-14(13)19-2/h4-7H,3,8-12H2,1-2H3/p+1. The van der Waals surface area contributed by atoms with Gasteiger partial charge in [-0.1, -0.05) is 18.2 Å². The molecule has 0 atom stereocenters. The van der Waals surface area contributed by atoms with Crippen LogP contribution >= 0.6 is 0 Å². The maximum Gasteiger partial charge on any atom is 0.227 e. The zero-order valence-corrected chi connectivity index (χ0v) is 11.8. The second-order valence-electron chi connectivity index (χ2n) is 4.97. The van der Waals surface area contributed by atoms with Crippen LogP contribution in [0.15, 0.2) is 24.3 Å². The van der Waals surface area contributed by atoms with Crippen molar-refractivity contribution in [2.45, 2.75) is 13.3 Å². The molecule has 1 aromatic rings. The van der Waals surface area contributed by atoms with E-state index in [9.17, 15) is 4.79 Å². The molecule has 1 aliphatic heterocycles. The van der Waals surface area contributed by atoms with Crippen molar-refractivity contribution in [3.63, 3.8) is 0 Å². The van der Waals surface area contributed by atoms with E-state index in [1.54, 1.807) is 12.0 Å². The van der Waals surface area contributed by atoms with Crippen LogP contribution < -0.4 is 9.64 Å². The summed E-state index contributed by atoms with van der Waals surface area (Å²) in [5, 5.41) is 0. The molecule has 1 heterocycles. The van der Waals surface area contributed by atoms with E-state index >= 15 is 0 Å². The quantitative estimate of drug-likeness (QED) is 0.829. The third-order valence-corrected chi connectivity index (χ3v) is 3.86. The highest BCUT2D eigenvalue weighted by Gasteiger charge is 2.23. The number of carbonyl (C=O) groups is 1. The normalized spacial score (nSPS) is 16.4. The number of methoxy groups -OCH3 is 1. The molecule has 2 rings (SSSR count). The highest BCUT2D eigenvalue weighted by atomic mass is 16.5. The van der Waals surface area contributed by atoms with E-state index in [1.165, 1.54) is 0 Å². The number of nitrogens with zero attached hydrogens (tertiary/aromatic N) is 1. The smallest absolute Gasteiger partial charge is 0.227 e. The number of hydrogen-bond acceptors (Lipinski definition) is 2. The van der Waals surface area contributed by atoms with Crippen LogP contribution in [0.5, 0.6) is 5.75 Å². The Bertz CT molecular complexity index is 426. The number of likely N-dealkylation sites (N-methyl/N-ethyl adjacent to an activating group) is 1. The fourth-order valence-electron chi connectivity index (χ4n) is 2.55. The Balaban J connectivity index is 1.94. The SMILES string of the molecule is CC[NH+]1CCN(C(=O)Cc2ccccc2OC)CC1. The van der Waals surface area contributed by atoms with Crippen molar-refractivity contribution < 1.29 is 14.4 Å². The second kappa shape index (κ2) is 6.57. The molecule has 0 radical (unpaired) electrons. The van der Waals surface area contributed by atoms with E-state index in [4.69, 9.17) is 4.74 Å². The number of carbonyl (C=O) groups excluding carboxylic acids is 1. The van der Waals surface area contributed by atoms with Crippen LogP contribution in [0.25, 0.3) is 0 Å². The Labute approximate surface area is 115 Å². The lowest BCUT2D eigenvalue weighted by molar-refractivity contribution is -0.902. The Hall–Kier alpha value is -1.55. The third-order valence-electron chi connectivity index (χ3n) is 3.86. The number of piperazine rings is 1. The van der Waals surface area contributed by atoms with Crippen LogP contribution in [0.2, 0.25) is 0 Å². The van der Waals surface area contributed by atoms with E-state index in [1.807, 2.05) is 29.2 Å². The largest absolute Gasteiger partial charge is 0.496 e. The summed E-state index contributed by atoms with van der Waals surface area (Å²) in [5.41, 5.74) is 0.972. The van der Waals surface area contributed by atoms with Gasteiger partial charge in [-0.05, 0) is 13.0 Å². The highest BCUT2D eigenvalue weighted by Crippen LogP contribution is 2.18. The highest BCUT2D eigenvalue weighted by molar-refractivity contribution is 5.79. The summed E-state index contributed by atoms with van der Waals surface area (Å²) in [6.45, 7) is 7.22. The van der Waals surface area contributed by atoms with Crippen LogP contribution in [0.4, 0.5) is 0 Å². The van der Waals surface area contributed by atoms with Gasteiger partial charge in [0.25, 0.3) is 0 Å². The molecule has 4 heteroatoms. The van der Waals surface area contributed by atoms with E-state index in [-0.39, 0.29) is 5.91 Å². The van der Waals surface area contributed by atoms with Gasteiger partial charge in [0.2, 0.25) is 5.91 Å². The fourth-order valence-corrected chi connectivity index (χ4v) is 2.55. The van der Waals surface area contributed by atoms with Gasteiger partial charge in [-0.15, -0.1) is 0 Å². The van der Waals surface area contributed by atoms with Crippen LogP contribution in [0.3, 0.4) is 0 Å². The summed E-state index contributed by atoms with van der Waals surface area (Å²) in [4.78, 5) is 15.9. The molecule has 1 aliphatic rings. The Morgan fingerprint density at radius 1 is 1.32 bits per heavy atom. The number of rotatable bonds is 4. The van der Waals surface area contributed by atoms with Gasteiger partial charge in [0.1, 0.15) is 5.75 Å². The Morgan fingerprint density at radius 3 is 2.63 bits per heavy atom. The number of ether oxygens (including phenoxy) is 1. The van der Waals surface area contributed by atoms with Gasteiger partial charge >= 0.3 is 0 Å². The first-order valence-corrected chi connectivity index (χ1v) is 6.97. The van der Waals surface area contributed by atoms with Crippen molar-refractivity contribution in [2.24, 2.45) is 0 Å². The number of para-hydroxylation sites is 1. The van der Waals surface area contributed by atoms with Gasteiger partial charge < -0.3 is 14.5 Å². The Kier molecular flexibility index (Phi) is 4.80. The van der Waals surface area contributed by atoms with Crippen molar-refractivity contribution >= 4 is 5.91 Å². The molecule has 104 valence electrons. The number of nitrogens with one attached hydrogen (secondary N) is 1. The minimum Gasteiger partial charge on any atom is -0.496 e. The van der Waals surface area contributed by atoms with Crippen molar-refractivity contribution in [1.82, 2.24) is 4.90 Å². The van der Waals surface area contributed by atoms with E-state index in [2.05, 4.69) is 6.92 Å². The predicted molar refractivity (Wildman–Crippen MR) is 74.5 cm³/mol. The third kappa shape index (κ3) is 3.47. The maximum absolute atomic E-state index is 12.3. The van der Waals surface area contributed by atoms with Crippen LogP contribution in [0, 0.1) is 0 Å². The number of amides is 1. The fraction of sp³-hybridized carbons (Fsp3) is 0.533. The van der Waals surface area contributed by atoms with Gasteiger partial charge in [0, 0.05) is 5.56 Å². The minimum atomic E-state index is 0.208. The first-order chi connectivity index (χ1) is 9.24. The zero-order chi connectivity index (χ0) is 13.7. The van der Waals surface area contributed by atoms with Gasteiger partial charge in [-0.2, -0.15) is 0 Å². The van der Waals surface area contributed by atoms with Crippen molar-refractivity contribution in [1.29, 1.82) is 0 Å². The lowest BCUT2D eigenvalue weighted by Crippen LogP contribution is -3.14. The van der Waals surface area contributed by atoms with Crippen molar-refractivity contribution in [3.8, 4) is 5.75 Å². The summed E-state index contributed by atoms with van der Waals surface area (Å²) < 4.78 is 5.29. The topological polar surface area (TPSA) is 34.0 Å². The molecule has 0 saturated carbocycles. The molecule has 1 amide bonds. The van der Waals surface area contributed by atoms with Crippen molar-refractivity contribution in [3.05, 3.63) is 29.8 Å². The average Bonchev–Trinajstić information content (AvgIpc) is 2.48. The molecular weight excluding hydrogens is 240 g/mol. The minimum absolute atomic E-state index is 0.208. The molecule has 1 saturated heterocycles. The first kappa shape index (κ1) is 13.9. The molecule has 1 aromatic carbocycles. The summed E-state index contributed by atoms with van der Waals surface area (Å²) in [6.07, 6.45) is 0.436. The van der Waals surface area contributed by atoms with Crippen molar-refractivity contribution in [2.75, 3.05) is 39.8 Å². The predicted octanol–water partition coefficient (Wildman–Crippen LogP) is -0.0153. The molecule has 4 nitrogen and oxygen atoms in total. The molecular formula is C15H23N2O2+. The van der Waals surface area contributed by atoms with Gasteiger partial charge in [0.05, 0.1) is 46.3 Å². The van der Waals surface area contributed by atoms with E-state index in [0.717, 1.165) is 44.0 Å². The van der Waals surface area contributed by atoms with Gasteiger partial charge in [-0.3, -0.25) is 4.79 Å². The Morgan fingerprint density at radius 2 is 2.00 bits per heavy atom. The van der Waals surface area contributed by atoms with Gasteiger partial charge in [0.15, 0.2) is 0 Å². The molecule has 0 unspecified atom stereocenters. The maximum atomic E-state index is 12.3. The number of benzene rings is 1. The van der Waals surface area contributed by atoms with Crippen LogP contribution in [-0.2, 0) is 11.2 Å². The van der Waals surface area contributed by atoms with E-state index < -0.39 is 0 Å². The molecule has 0 bridgehead atoms. The first-order valence-electron chi connectivity index (χ1n) is 6.97. The van der Waals surface area contributed by atoms with E-state index in [0.29, 0.717) is 6.42 Å². The molecule has 19 heavy (non-hydrogen) atoms. The second-order valence-corrected chi connectivity index (χ2v) is 4.97.